The largest absolute Gasteiger partial charge is 0.335 e. The molecule has 7 heteroatoms. The maximum Gasteiger partial charge on any atom is 0.210 e. The summed E-state index contributed by atoms with van der Waals surface area (Å²) in [4.78, 5) is 8.63. The zero-order valence-electron chi connectivity index (χ0n) is 12.7. The van der Waals surface area contributed by atoms with Crippen LogP contribution in [0.3, 0.4) is 0 Å². The van der Waals surface area contributed by atoms with Gasteiger partial charge in [0, 0.05) is 23.5 Å². The molecule has 0 radical (unpaired) electrons. The van der Waals surface area contributed by atoms with Crippen LogP contribution in [0.2, 0.25) is 0 Å². The maximum atomic E-state index is 6.16. The van der Waals surface area contributed by atoms with Crippen molar-refractivity contribution in [2.24, 2.45) is 0 Å². The van der Waals surface area contributed by atoms with E-state index in [4.69, 9.17) is 5.84 Å². The minimum atomic E-state index is 0.554. The van der Waals surface area contributed by atoms with Crippen molar-refractivity contribution < 1.29 is 0 Å². The number of fused-ring (bicyclic) bond motifs is 1. The summed E-state index contributed by atoms with van der Waals surface area (Å²) in [6, 6.07) is 15.8. The highest BCUT2D eigenvalue weighted by molar-refractivity contribution is 7.98. The molecule has 3 heterocycles. The first-order valence-electron chi connectivity index (χ1n) is 7.39. The molecule has 4 rings (SSSR count). The van der Waals surface area contributed by atoms with E-state index in [-0.39, 0.29) is 0 Å². The van der Waals surface area contributed by atoms with Crippen LogP contribution in [0.15, 0.2) is 66.1 Å². The molecule has 0 saturated carbocycles. The Kier molecular flexibility index (Phi) is 3.84. The zero-order chi connectivity index (χ0) is 16.4. The van der Waals surface area contributed by atoms with Crippen LogP contribution < -0.4 is 5.84 Å². The number of nitrogens with zero attached hydrogens (tertiary/aromatic N) is 5. The van der Waals surface area contributed by atoms with Crippen molar-refractivity contribution >= 4 is 22.7 Å². The molecule has 0 bridgehead atoms. The molecule has 0 amide bonds. The lowest BCUT2D eigenvalue weighted by Gasteiger charge is -2.04. The van der Waals surface area contributed by atoms with Crippen LogP contribution in [0.1, 0.15) is 5.56 Å². The third-order valence-corrected chi connectivity index (χ3v) is 4.62. The molecule has 0 atom stereocenters. The molecular weight excluding hydrogens is 320 g/mol. The highest BCUT2D eigenvalue weighted by atomic mass is 32.2. The van der Waals surface area contributed by atoms with E-state index in [1.54, 1.807) is 12.4 Å². The van der Waals surface area contributed by atoms with Crippen LogP contribution in [0, 0.1) is 0 Å². The minimum absolute atomic E-state index is 0.554. The van der Waals surface area contributed by atoms with Gasteiger partial charge in [0.2, 0.25) is 11.0 Å². The lowest BCUT2D eigenvalue weighted by Crippen LogP contribution is -2.12. The molecule has 24 heavy (non-hydrogen) atoms. The van der Waals surface area contributed by atoms with Gasteiger partial charge in [-0.2, -0.15) is 0 Å². The van der Waals surface area contributed by atoms with Crippen LogP contribution in [-0.4, -0.2) is 24.8 Å². The van der Waals surface area contributed by atoms with Gasteiger partial charge in [-0.25, -0.2) is 9.66 Å². The minimum Gasteiger partial charge on any atom is -0.335 e. The van der Waals surface area contributed by atoms with Crippen molar-refractivity contribution in [3.63, 3.8) is 0 Å². The summed E-state index contributed by atoms with van der Waals surface area (Å²) in [5.74, 6) is 7.47. The van der Waals surface area contributed by atoms with Crippen LogP contribution in [0.4, 0.5) is 0 Å². The van der Waals surface area contributed by atoms with E-state index in [0.717, 1.165) is 22.2 Å². The Morgan fingerprint density at radius 2 is 1.79 bits per heavy atom. The first-order valence-corrected chi connectivity index (χ1v) is 8.38. The number of aromatic nitrogens is 5. The molecule has 118 valence electrons. The SMILES string of the molecule is Nn1c(SCc2ccncc2)nnc1-c1ccc2ccccc2n1. The van der Waals surface area contributed by atoms with Gasteiger partial charge in [-0.15, -0.1) is 10.2 Å². The van der Waals surface area contributed by atoms with Gasteiger partial charge >= 0.3 is 0 Å². The predicted molar refractivity (Wildman–Crippen MR) is 94.7 cm³/mol. The van der Waals surface area contributed by atoms with Gasteiger partial charge in [-0.1, -0.05) is 36.0 Å². The van der Waals surface area contributed by atoms with Crippen molar-refractivity contribution in [3.8, 4) is 11.5 Å². The fourth-order valence-electron chi connectivity index (χ4n) is 2.37. The number of hydrogen-bond acceptors (Lipinski definition) is 6. The molecule has 0 aliphatic heterocycles. The Labute approximate surface area is 142 Å². The van der Waals surface area contributed by atoms with E-state index < -0.39 is 0 Å². The van der Waals surface area contributed by atoms with E-state index in [1.165, 1.54) is 16.4 Å². The Balaban J connectivity index is 1.61. The summed E-state index contributed by atoms with van der Waals surface area (Å²) in [7, 11) is 0. The van der Waals surface area contributed by atoms with Gasteiger partial charge in [0.05, 0.1) is 5.52 Å². The molecular formula is C17H14N6S. The Bertz CT molecular complexity index is 983. The lowest BCUT2D eigenvalue weighted by molar-refractivity contribution is 0.848. The van der Waals surface area contributed by atoms with Gasteiger partial charge < -0.3 is 5.84 Å². The van der Waals surface area contributed by atoms with Crippen LogP contribution in [0.5, 0.6) is 0 Å². The smallest absolute Gasteiger partial charge is 0.210 e. The summed E-state index contributed by atoms with van der Waals surface area (Å²) >= 11 is 1.53. The zero-order valence-corrected chi connectivity index (χ0v) is 13.5. The number of thioether (sulfide) groups is 1. The highest BCUT2D eigenvalue weighted by Gasteiger charge is 2.13. The van der Waals surface area contributed by atoms with E-state index in [9.17, 15) is 0 Å². The third-order valence-electron chi connectivity index (χ3n) is 3.61. The van der Waals surface area contributed by atoms with Gasteiger partial charge in [-0.3, -0.25) is 4.98 Å². The number of benzene rings is 1. The number of pyridine rings is 2. The van der Waals surface area contributed by atoms with Gasteiger partial charge in [0.1, 0.15) is 5.69 Å². The van der Waals surface area contributed by atoms with Crippen molar-refractivity contribution in [2.75, 3.05) is 5.84 Å². The van der Waals surface area contributed by atoms with Crippen molar-refractivity contribution in [1.82, 2.24) is 24.8 Å². The Hall–Kier alpha value is -2.93. The summed E-state index contributed by atoms with van der Waals surface area (Å²) in [6.45, 7) is 0. The number of nitrogen functional groups attached to an aromatic ring is 1. The first-order chi connectivity index (χ1) is 11.8. The fraction of sp³-hybridized carbons (Fsp3) is 0.0588. The molecule has 0 aliphatic carbocycles. The van der Waals surface area contributed by atoms with Crippen molar-refractivity contribution in [3.05, 3.63) is 66.5 Å². The summed E-state index contributed by atoms with van der Waals surface area (Å²) < 4.78 is 1.49. The van der Waals surface area contributed by atoms with Crippen LogP contribution >= 0.6 is 11.8 Å². The van der Waals surface area contributed by atoms with Gasteiger partial charge in [-0.05, 0) is 29.8 Å². The summed E-state index contributed by atoms with van der Waals surface area (Å²) in [5, 5.41) is 10.1. The Morgan fingerprint density at radius 3 is 2.67 bits per heavy atom. The third kappa shape index (κ3) is 2.81. The number of para-hydroxylation sites is 1. The van der Waals surface area contributed by atoms with Gasteiger partial charge in [0.25, 0.3) is 0 Å². The summed E-state index contributed by atoms with van der Waals surface area (Å²) in [5.41, 5.74) is 2.77. The molecule has 2 N–H and O–H groups in total. The van der Waals surface area contributed by atoms with Crippen LogP contribution in [-0.2, 0) is 5.75 Å². The lowest BCUT2D eigenvalue weighted by atomic mass is 10.2. The van der Waals surface area contributed by atoms with E-state index >= 15 is 0 Å². The van der Waals surface area contributed by atoms with E-state index in [0.29, 0.717) is 16.7 Å². The topological polar surface area (TPSA) is 82.5 Å². The quantitative estimate of drug-likeness (QED) is 0.456. The normalized spacial score (nSPS) is 11.0. The Morgan fingerprint density at radius 1 is 0.958 bits per heavy atom. The fourth-order valence-corrected chi connectivity index (χ4v) is 3.18. The van der Waals surface area contributed by atoms with E-state index in [2.05, 4.69) is 20.2 Å². The molecule has 0 spiro atoms. The molecule has 3 aromatic heterocycles. The first kappa shape index (κ1) is 14.6. The van der Waals surface area contributed by atoms with Crippen molar-refractivity contribution in [2.45, 2.75) is 10.9 Å². The second kappa shape index (κ2) is 6.29. The van der Waals surface area contributed by atoms with Crippen molar-refractivity contribution in [1.29, 1.82) is 0 Å². The average Bonchev–Trinajstić information content (AvgIpc) is 3.01. The van der Waals surface area contributed by atoms with Crippen LogP contribution in [0.25, 0.3) is 22.4 Å². The second-order valence-corrected chi connectivity index (χ2v) is 6.15. The van der Waals surface area contributed by atoms with E-state index in [1.807, 2.05) is 48.5 Å². The molecule has 0 aliphatic rings. The molecule has 0 unspecified atom stereocenters. The number of nitrogens with two attached hydrogens (primary N) is 1. The number of rotatable bonds is 4. The monoisotopic (exact) mass is 334 g/mol. The highest BCUT2D eigenvalue weighted by Crippen LogP contribution is 2.24. The summed E-state index contributed by atoms with van der Waals surface area (Å²) in [6.07, 6.45) is 3.54. The molecule has 0 saturated heterocycles. The molecule has 1 aromatic carbocycles. The standard InChI is InChI=1S/C17H14N6S/c18-23-16(15-6-5-13-3-1-2-4-14(13)20-15)21-22-17(23)24-11-12-7-9-19-10-8-12/h1-10H,11,18H2. The second-order valence-electron chi connectivity index (χ2n) is 5.21. The average molecular weight is 334 g/mol. The number of hydrogen-bond donors (Lipinski definition) is 1. The van der Waals surface area contributed by atoms with Gasteiger partial charge in [0.15, 0.2) is 0 Å². The molecule has 0 fully saturated rings. The molecule has 6 nitrogen and oxygen atoms in total. The maximum absolute atomic E-state index is 6.16. The predicted octanol–water partition coefficient (Wildman–Crippen LogP) is 2.89. The molecule has 4 aromatic rings.